The lowest BCUT2D eigenvalue weighted by molar-refractivity contribution is -0.139. The Balaban J connectivity index is 1.91. The number of fused-ring (bicyclic) bond motifs is 1. The zero-order valence-electron chi connectivity index (χ0n) is 16.8. The minimum absolute atomic E-state index is 0.0990. The van der Waals surface area contributed by atoms with Crippen molar-refractivity contribution in [2.24, 2.45) is 5.92 Å². The zero-order valence-corrected chi connectivity index (χ0v) is 16.8. The summed E-state index contributed by atoms with van der Waals surface area (Å²) in [4.78, 5) is 17.0. The number of nitriles is 1. The summed E-state index contributed by atoms with van der Waals surface area (Å²) in [5.74, 6) is 0.00536. The van der Waals surface area contributed by atoms with E-state index in [9.17, 15) is 10.1 Å². The van der Waals surface area contributed by atoms with E-state index in [1.807, 2.05) is 75.5 Å². The molecule has 0 saturated carbocycles. The van der Waals surface area contributed by atoms with E-state index in [1.54, 1.807) is 4.40 Å². The smallest absolute Gasteiger partial charge is 0.349 e. The van der Waals surface area contributed by atoms with Crippen molar-refractivity contribution in [2.75, 3.05) is 6.61 Å². The van der Waals surface area contributed by atoms with Gasteiger partial charge in [0.15, 0.2) is 0 Å². The van der Waals surface area contributed by atoms with Crippen LogP contribution in [0, 0.1) is 24.2 Å². The molecule has 3 aromatic rings. The van der Waals surface area contributed by atoms with Gasteiger partial charge in [-0.3, -0.25) is 4.40 Å². The fraction of sp³-hybridized carbons (Fsp3) is 0.261. The molecule has 29 heavy (non-hydrogen) atoms. The maximum absolute atomic E-state index is 12.5. The molecule has 1 aromatic carbocycles. The lowest BCUT2D eigenvalue weighted by Crippen LogP contribution is -2.08. The van der Waals surface area contributed by atoms with Gasteiger partial charge in [-0.2, -0.15) is 10.2 Å². The quantitative estimate of drug-likeness (QED) is 0.341. The van der Waals surface area contributed by atoms with Crippen LogP contribution in [-0.2, 0) is 16.1 Å². The predicted molar refractivity (Wildman–Crippen MR) is 110 cm³/mol. The molecule has 0 amide bonds. The minimum atomic E-state index is -0.687. The molecule has 0 atom stereocenters. The standard InChI is InChI=1S/C23H23N3O3/c1-16(2)14-28-22-20(26-10-9-17(3)11-21(26)25-22)12-19(13-24)23(27)29-15-18-7-5-4-6-8-18/h4-12,16H,14-15H2,1-3H3. The molecule has 0 fully saturated rings. The first-order valence-electron chi connectivity index (χ1n) is 9.42. The number of esters is 1. The van der Waals surface area contributed by atoms with Crippen LogP contribution in [0.2, 0.25) is 0 Å². The Kier molecular flexibility index (Phi) is 6.30. The highest BCUT2D eigenvalue weighted by Crippen LogP contribution is 2.24. The number of rotatable bonds is 7. The maximum Gasteiger partial charge on any atom is 0.349 e. The number of aromatic nitrogens is 2. The van der Waals surface area contributed by atoms with Crippen molar-refractivity contribution in [1.82, 2.24) is 9.38 Å². The van der Waals surface area contributed by atoms with E-state index >= 15 is 0 Å². The number of imidazole rings is 1. The number of benzene rings is 1. The number of nitrogens with zero attached hydrogens (tertiary/aromatic N) is 3. The molecular formula is C23H23N3O3. The molecule has 0 aliphatic rings. The molecule has 148 valence electrons. The highest BCUT2D eigenvalue weighted by Gasteiger charge is 2.17. The van der Waals surface area contributed by atoms with Gasteiger partial charge in [0.25, 0.3) is 0 Å². The van der Waals surface area contributed by atoms with Gasteiger partial charge in [0.05, 0.1) is 6.61 Å². The Hall–Kier alpha value is -3.59. The molecule has 3 rings (SSSR count). The van der Waals surface area contributed by atoms with Crippen LogP contribution in [0.1, 0.15) is 30.7 Å². The van der Waals surface area contributed by atoms with Crippen LogP contribution in [0.4, 0.5) is 0 Å². The first-order chi connectivity index (χ1) is 14.0. The van der Waals surface area contributed by atoms with Crippen molar-refractivity contribution in [3.8, 4) is 11.9 Å². The van der Waals surface area contributed by atoms with Crippen molar-refractivity contribution >= 4 is 17.7 Å². The molecule has 6 nitrogen and oxygen atoms in total. The van der Waals surface area contributed by atoms with E-state index in [0.29, 0.717) is 29.7 Å². The van der Waals surface area contributed by atoms with Gasteiger partial charge in [0.1, 0.15) is 29.6 Å². The Morgan fingerprint density at radius 3 is 2.72 bits per heavy atom. The van der Waals surface area contributed by atoms with Crippen LogP contribution in [0.3, 0.4) is 0 Å². The number of pyridine rings is 1. The highest BCUT2D eigenvalue weighted by atomic mass is 16.5. The third kappa shape index (κ3) is 5.02. The molecule has 0 aliphatic carbocycles. The summed E-state index contributed by atoms with van der Waals surface area (Å²) in [7, 11) is 0. The number of carbonyl (C=O) groups excluding carboxylic acids is 1. The van der Waals surface area contributed by atoms with Gasteiger partial charge in [0.2, 0.25) is 5.88 Å². The van der Waals surface area contributed by atoms with E-state index < -0.39 is 5.97 Å². The van der Waals surface area contributed by atoms with Crippen molar-refractivity contribution in [3.05, 3.63) is 71.1 Å². The van der Waals surface area contributed by atoms with Gasteiger partial charge in [-0.25, -0.2) is 4.79 Å². The molecule has 0 spiro atoms. The minimum Gasteiger partial charge on any atom is -0.476 e. The van der Waals surface area contributed by atoms with E-state index in [1.165, 1.54) is 6.08 Å². The van der Waals surface area contributed by atoms with Crippen molar-refractivity contribution in [1.29, 1.82) is 5.26 Å². The van der Waals surface area contributed by atoms with Crippen LogP contribution in [-0.4, -0.2) is 22.0 Å². The van der Waals surface area contributed by atoms with Gasteiger partial charge in [-0.15, -0.1) is 0 Å². The lowest BCUT2D eigenvalue weighted by Gasteiger charge is -2.07. The van der Waals surface area contributed by atoms with Gasteiger partial charge in [-0.1, -0.05) is 44.2 Å². The first-order valence-corrected chi connectivity index (χ1v) is 9.42. The summed E-state index contributed by atoms with van der Waals surface area (Å²) < 4.78 is 12.9. The van der Waals surface area contributed by atoms with Crippen molar-refractivity contribution < 1.29 is 14.3 Å². The first kappa shape index (κ1) is 20.2. The summed E-state index contributed by atoms with van der Waals surface area (Å²) in [5, 5.41) is 9.53. The summed E-state index contributed by atoms with van der Waals surface area (Å²) >= 11 is 0. The molecule has 0 radical (unpaired) electrons. The number of ether oxygens (including phenoxy) is 2. The second kappa shape index (κ2) is 9.07. The zero-order chi connectivity index (χ0) is 20.8. The fourth-order valence-corrected chi connectivity index (χ4v) is 2.70. The van der Waals surface area contributed by atoms with Gasteiger partial charge in [0, 0.05) is 6.20 Å². The molecule has 0 bridgehead atoms. The summed E-state index contributed by atoms with van der Waals surface area (Å²) in [6, 6.07) is 15.1. The molecule has 0 N–H and O–H groups in total. The number of hydrogen-bond acceptors (Lipinski definition) is 5. The third-order valence-electron chi connectivity index (χ3n) is 4.17. The Morgan fingerprint density at radius 1 is 1.28 bits per heavy atom. The maximum atomic E-state index is 12.5. The molecule has 0 aliphatic heterocycles. The average Bonchev–Trinajstić information content (AvgIpc) is 3.05. The molecule has 0 unspecified atom stereocenters. The van der Waals surface area contributed by atoms with Gasteiger partial charge >= 0.3 is 5.97 Å². The number of aryl methyl sites for hydroxylation is 1. The lowest BCUT2D eigenvalue weighted by atomic mass is 10.2. The van der Waals surface area contributed by atoms with E-state index in [-0.39, 0.29) is 12.2 Å². The second-order valence-corrected chi connectivity index (χ2v) is 7.17. The third-order valence-corrected chi connectivity index (χ3v) is 4.17. The van der Waals surface area contributed by atoms with Crippen molar-refractivity contribution in [3.63, 3.8) is 0 Å². The molecule has 2 heterocycles. The monoisotopic (exact) mass is 389 g/mol. The Labute approximate surface area is 170 Å². The number of hydrogen-bond donors (Lipinski definition) is 0. The van der Waals surface area contributed by atoms with E-state index in [4.69, 9.17) is 9.47 Å². The topological polar surface area (TPSA) is 76.6 Å². The normalized spacial score (nSPS) is 11.5. The molecular weight excluding hydrogens is 366 g/mol. The van der Waals surface area contributed by atoms with Gasteiger partial charge < -0.3 is 9.47 Å². The van der Waals surface area contributed by atoms with Crippen LogP contribution in [0.25, 0.3) is 11.7 Å². The van der Waals surface area contributed by atoms with Crippen LogP contribution in [0.15, 0.2) is 54.2 Å². The second-order valence-electron chi connectivity index (χ2n) is 7.17. The summed E-state index contributed by atoms with van der Waals surface area (Å²) in [6.07, 6.45) is 3.31. The fourth-order valence-electron chi connectivity index (χ4n) is 2.70. The van der Waals surface area contributed by atoms with Crippen LogP contribution >= 0.6 is 0 Å². The molecule has 2 aromatic heterocycles. The van der Waals surface area contributed by atoms with E-state index in [2.05, 4.69) is 4.98 Å². The van der Waals surface area contributed by atoms with Crippen LogP contribution < -0.4 is 4.74 Å². The molecule has 0 saturated heterocycles. The Bertz CT molecular complexity index is 1080. The summed E-state index contributed by atoms with van der Waals surface area (Å²) in [5.41, 5.74) is 3.01. The van der Waals surface area contributed by atoms with Crippen LogP contribution in [0.5, 0.6) is 5.88 Å². The summed E-state index contributed by atoms with van der Waals surface area (Å²) in [6.45, 7) is 6.63. The largest absolute Gasteiger partial charge is 0.476 e. The van der Waals surface area contributed by atoms with Gasteiger partial charge in [-0.05, 0) is 42.2 Å². The Morgan fingerprint density at radius 2 is 2.03 bits per heavy atom. The van der Waals surface area contributed by atoms with Crippen molar-refractivity contribution in [2.45, 2.75) is 27.4 Å². The average molecular weight is 389 g/mol. The van der Waals surface area contributed by atoms with E-state index in [0.717, 1.165) is 11.1 Å². The SMILES string of the molecule is Cc1ccn2c(C=C(C#N)C(=O)OCc3ccccc3)c(OCC(C)C)nc2c1. The predicted octanol–water partition coefficient (Wildman–Crippen LogP) is 4.33. The highest BCUT2D eigenvalue weighted by molar-refractivity contribution is 5.98. The number of carbonyl (C=O) groups is 1. The molecule has 6 heteroatoms.